The number of terminal acetylenes is 1. The third kappa shape index (κ3) is 4.83. The Morgan fingerprint density at radius 3 is 2.45 bits per heavy atom. The van der Waals surface area contributed by atoms with Gasteiger partial charge in [-0.25, -0.2) is 0 Å². The molecule has 0 amide bonds. The van der Waals surface area contributed by atoms with Crippen LogP contribution in [0.25, 0.3) is 0 Å². The molecule has 0 saturated carbocycles. The molecule has 0 saturated heterocycles. The van der Waals surface area contributed by atoms with Gasteiger partial charge < -0.3 is 5.73 Å². The molecule has 2 N–H and O–H groups in total. The van der Waals surface area contributed by atoms with Crippen LogP contribution in [0.3, 0.4) is 0 Å². The molecule has 0 aromatic heterocycles. The largest absolute Gasteiger partial charge is 0.330 e. The molecule has 0 aromatic carbocycles. The first-order valence-electron chi connectivity index (χ1n) is 3.84. The molecule has 0 aromatic rings. The van der Waals surface area contributed by atoms with Crippen LogP contribution in [0.2, 0.25) is 0 Å². The molecule has 0 heterocycles. The fourth-order valence-electron chi connectivity index (χ4n) is 1.01. The summed E-state index contributed by atoms with van der Waals surface area (Å²) < 4.78 is 0. The van der Waals surface area contributed by atoms with Crippen molar-refractivity contribution >= 4 is 0 Å². The molecule has 0 rings (SSSR count). The molecular weight excluding hydrogens is 136 g/mol. The van der Waals surface area contributed by atoms with Gasteiger partial charge in [-0.05, 0) is 19.0 Å². The maximum Gasteiger partial charge on any atom is 0.0596 e. The normalized spacial score (nSPS) is 11.6. The Balaban J connectivity index is 3.75. The van der Waals surface area contributed by atoms with Gasteiger partial charge in [-0.15, -0.1) is 6.42 Å². The Morgan fingerprint density at radius 1 is 1.55 bits per heavy atom. The van der Waals surface area contributed by atoms with E-state index in [1.807, 2.05) is 7.05 Å². The minimum atomic E-state index is 0.172. The Bertz CT molecular complexity index is 144. The van der Waals surface area contributed by atoms with Crippen LogP contribution in [0.1, 0.15) is 13.8 Å². The van der Waals surface area contributed by atoms with Crippen LogP contribution < -0.4 is 5.73 Å². The summed E-state index contributed by atoms with van der Waals surface area (Å²) in [5.41, 5.74) is 5.74. The molecule has 0 fully saturated rings. The second-order valence-corrected chi connectivity index (χ2v) is 3.74. The standard InChI is InChI=1S/C9H18N2/c1-5-6-11(4)8-9(2,3)7-10/h1H,6-8,10H2,2-4H3. The average Bonchev–Trinajstić information content (AvgIpc) is 1.87. The molecule has 0 radical (unpaired) electrons. The molecule has 2 nitrogen and oxygen atoms in total. The first-order valence-corrected chi connectivity index (χ1v) is 3.84. The number of nitrogens with two attached hydrogens (primary N) is 1. The lowest BCUT2D eigenvalue weighted by Gasteiger charge is -2.27. The zero-order valence-corrected chi connectivity index (χ0v) is 7.72. The van der Waals surface area contributed by atoms with Crippen molar-refractivity contribution < 1.29 is 0 Å². The summed E-state index contributed by atoms with van der Waals surface area (Å²) in [5, 5.41) is 0. The van der Waals surface area contributed by atoms with E-state index >= 15 is 0 Å². The van der Waals surface area contributed by atoms with Crippen molar-refractivity contribution in [3.63, 3.8) is 0 Å². The van der Waals surface area contributed by atoms with Gasteiger partial charge in [-0.3, -0.25) is 4.90 Å². The third-order valence-electron chi connectivity index (χ3n) is 1.61. The molecule has 64 valence electrons. The van der Waals surface area contributed by atoms with Crippen LogP contribution in [0.15, 0.2) is 0 Å². The van der Waals surface area contributed by atoms with Crippen molar-refractivity contribution in [3.8, 4) is 12.3 Å². The maximum atomic E-state index is 5.57. The molecular formula is C9H18N2. The van der Waals surface area contributed by atoms with Crippen LogP contribution in [-0.2, 0) is 0 Å². The molecule has 2 heteroatoms. The van der Waals surface area contributed by atoms with E-state index < -0.39 is 0 Å². The Kier molecular flexibility index (Phi) is 4.17. The van der Waals surface area contributed by atoms with Gasteiger partial charge in [0.05, 0.1) is 6.54 Å². The Hall–Kier alpha value is -0.520. The van der Waals surface area contributed by atoms with Gasteiger partial charge in [0.25, 0.3) is 0 Å². The lowest BCUT2D eigenvalue weighted by Crippen LogP contribution is -2.36. The van der Waals surface area contributed by atoms with Crippen LogP contribution >= 0.6 is 0 Å². The zero-order valence-electron chi connectivity index (χ0n) is 7.72. The van der Waals surface area contributed by atoms with Gasteiger partial charge in [0, 0.05) is 6.54 Å². The molecule has 0 aliphatic heterocycles. The summed E-state index contributed by atoms with van der Waals surface area (Å²) in [4.78, 5) is 2.10. The molecule has 0 spiro atoms. The molecule has 11 heavy (non-hydrogen) atoms. The fraction of sp³-hybridized carbons (Fsp3) is 0.778. The van der Waals surface area contributed by atoms with E-state index in [1.54, 1.807) is 0 Å². The predicted molar refractivity (Wildman–Crippen MR) is 49.2 cm³/mol. The van der Waals surface area contributed by atoms with Crippen molar-refractivity contribution in [2.24, 2.45) is 11.1 Å². The predicted octanol–water partition coefficient (Wildman–Crippen LogP) is 0.536. The summed E-state index contributed by atoms with van der Waals surface area (Å²) in [5.74, 6) is 2.60. The van der Waals surface area contributed by atoms with Crippen LogP contribution in [-0.4, -0.2) is 31.6 Å². The zero-order chi connectivity index (χ0) is 8.91. The van der Waals surface area contributed by atoms with Gasteiger partial charge in [-0.2, -0.15) is 0 Å². The van der Waals surface area contributed by atoms with Gasteiger partial charge in [0.15, 0.2) is 0 Å². The van der Waals surface area contributed by atoms with Crippen molar-refractivity contribution in [1.29, 1.82) is 0 Å². The van der Waals surface area contributed by atoms with E-state index in [0.29, 0.717) is 13.1 Å². The molecule has 0 aliphatic carbocycles. The second kappa shape index (κ2) is 4.38. The highest BCUT2D eigenvalue weighted by Crippen LogP contribution is 2.13. The van der Waals surface area contributed by atoms with E-state index in [2.05, 4.69) is 24.7 Å². The Morgan fingerprint density at radius 2 is 2.09 bits per heavy atom. The number of hydrogen-bond donors (Lipinski definition) is 1. The third-order valence-corrected chi connectivity index (χ3v) is 1.61. The quantitative estimate of drug-likeness (QED) is 0.599. The van der Waals surface area contributed by atoms with E-state index in [9.17, 15) is 0 Å². The van der Waals surface area contributed by atoms with Crippen LogP contribution in [0, 0.1) is 17.8 Å². The first kappa shape index (κ1) is 10.5. The maximum absolute atomic E-state index is 5.57. The van der Waals surface area contributed by atoms with Crippen molar-refractivity contribution in [2.75, 3.05) is 26.7 Å². The molecule has 0 bridgehead atoms. The van der Waals surface area contributed by atoms with E-state index in [1.165, 1.54) is 0 Å². The topological polar surface area (TPSA) is 29.3 Å². The van der Waals surface area contributed by atoms with E-state index in [0.717, 1.165) is 6.54 Å². The van der Waals surface area contributed by atoms with Gasteiger partial charge in [-0.1, -0.05) is 19.8 Å². The minimum Gasteiger partial charge on any atom is -0.330 e. The monoisotopic (exact) mass is 154 g/mol. The number of hydrogen-bond acceptors (Lipinski definition) is 2. The smallest absolute Gasteiger partial charge is 0.0596 e. The number of nitrogens with zero attached hydrogens (tertiary/aromatic N) is 1. The van der Waals surface area contributed by atoms with Crippen molar-refractivity contribution in [3.05, 3.63) is 0 Å². The van der Waals surface area contributed by atoms with Crippen LogP contribution in [0.4, 0.5) is 0 Å². The highest BCUT2D eigenvalue weighted by molar-refractivity contribution is 4.88. The van der Waals surface area contributed by atoms with Crippen molar-refractivity contribution in [2.45, 2.75) is 13.8 Å². The average molecular weight is 154 g/mol. The summed E-state index contributed by atoms with van der Waals surface area (Å²) in [7, 11) is 2.01. The fourth-order valence-corrected chi connectivity index (χ4v) is 1.01. The number of rotatable bonds is 4. The lowest BCUT2D eigenvalue weighted by atomic mass is 9.93. The van der Waals surface area contributed by atoms with Crippen molar-refractivity contribution in [1.82, 2.24) is 4.90 Å². The first-order chi connectivity index (χ1) is 5.02. The summed E-state index contributed by atoms with van der Waals surface area (Å²) in [6.45, 7) is 6.62. The summed E-state index contributed by atoms with van der Waals surface area (Å²) in [6, 6.07) is 0. The highest BCUT2D eigenvalue weighted by Gasteiger charge is 2.16. The minimum absolute atomic E-state index is 0.172. The van der Waals surface area contributed by atoms with E-state index in [-0.39, 0.29) is 5.41 Å². The lowest BCUT2D eigenvalue weighted by molar-refractivity contribution is 0.234. The van der Waals surface area contributed by atoms with Gasteiger partial charge in [0.2, 0.25) is 0 Å². The Labute approximate surface area is 69.8 Å². The molecule has 0 unspecified atom stereocenters. The van der Waals surface area contributed by atoms with E-state index in [4.69, 9.17) is 12.2 Å². The highest BCUT2D eigenvalue weighted by atomic mass is 15.1. The van der Waals surface area contributed by atoms with Crippen LogP contribution in [0.5, 0.6) is 0 Å². The van der Waals surface area contributed by atoms with Gasteiger partial charge in [0.1, 0.15) is 0 Å². The summed E-state index contributed by atoms with van der Waals surface area (Å²) in [6.07, 6.45) is 5.17. The molecule has 0 aliphatic rings. The summed E-state index contributed by atoms with van der Waals surface area (Å²) >= 11 is 0. The second-order valence-electron chi connectivity index (χ2n) is 3.74. The SMILES string of the molecule is C#CCN(C)CC(C)(C)CN. The van der Waals surface area contributed by atoms with Gasteiger partial charge >= 0.3 is 0 Å². The molecule has 0 atom stereocenters.